The van der Waals surface area contributed by atoms with Gasteiger partial charge in [0, 0.05) is 19.0 Å². The van der Waals surface area contributed by atoms with Crippen LogP contribution in [0, 0.1) is 0 Å². The summed E-state index contributed by atoms with van der Waals surface area (Å²) in [7, 11) is 0. The smallest absolute Gasteiger partial charge is 0.221 e. The number of furan rings is 1. The van der Waals surface area contributed by atoms with E-state index in [2.05, 4.69) is 10.6 Å². The zero-order valence-electron chi connectivity index (χ0n) is 9.74. The number of aliphatic hydroxyl groups excluding tert-OH is 1. The molecule has 5 nitrogen and oxygen atoms in total. The highest BCUT2D eigenvalue weighted by atomic mass is 16.4. The van der Waals surface area contributed by atoms with Gasteiger partial charge in [-0.2, -0.15) is 0 Å². The van der Waals surface area contributed by atoms with Gasteiger partial charge < -0.3 is 20.2 Å². The third-order valence-electron chi connectivity index (χ3n) is 2.64. The third-order valence-corrected chi connectivity index (χ3v) is 2.64. The number of carbonyl (C=O) groups excluding carboxylic acids is 1. The van der Waals surface area contributed by atoms with E-state index >= 15 is 0 Å². The number of hydrogen-bond donors (Lipinski definition) is 3. The van der Waals surface area contributed by atoms with Gasteiger partial charge in [0.1, 0.15) is 18.1 Å². The van der Waals surface area contributed by atoms with Crippen LogP contribution in [0.2, 0.25) is 0 Å². The molecule has 0 aromatic carbocycles. The lowest BCUT2D eigenvalue weighted by atomic mass is 10.3. The first kappa shape index (κ1) is 12.1. The topological polar surface area (TPSA) is 74.5 Å². The van der Waals surface area contributed by atoms with E-state index in [1.807, 2.05) is 6.07 Å². The van der Waals surface area contributed by atoms with Crippen LogP contribution in [0.1, 0.15) is 30.8 Å². The molecule has 1 aromatic heterocycles. The Morgan fingerprint density at radius 2 is 2.18 bits per heavy atom. The van der Waals surface area contributed by atoms with Crippen LogP contribution in [-0.2, 0) is 17.9 Å². The maximum Gasteiger partial charge on any atom is 0.221 e. The molecule has 1 aliphatic rings. The van der Waals surface area contributed by atoms with Crippen molar-refractivity contribution in [1.82, 2.24) is 10.6 Å². The number of amides is 1. The summed E-state index contributed by atoms with van der Waals surface area (Å²) in [5.74, 6) is 1.44. The van der Waals surface area contributed by atoms with E-state index in [4.69, 9.17) is 9.52 Å². The number of hydrogen-bond acceptors (Lipinski definition) is 4. The second-order valence-corrected chi connectivity index (χ2v) is 4.29. The van der Waals surface area contributed by atoms with Crippen molar-refractivity contribution >= 4 is 5.91 Å². The minimum atomic E-state index is -0.0796. The van der Waals surface area contributed by atoms with Crippen LogP contribution in [-0.4, -0.2) is 23.6 Å². The summed E-state index contributed by atoms with van der Waals surface area (Å²) < 4.78 is 5.30. The molecule has 1 aliphatic carbocycles. The van der Waals surface area contributed by atoms with Gasteiger partial charge in [0.15, 0.2) is 0 Å². The SMILES string of the molecule is O=C(CCNCc1ccc(CO)o1)NC1CC1. The Morgan fingerprint density at radius 1 is 1.41 bits per heavy atom. The molecule has 1 heterocycles. The third kappa shape index (κ3) is 4.20. The van der Waals surface area contributed by atoms with Crippen LogP contribution in [0.15, 0.2) is 16.5 Å². The Hall–Kier alpha value is -1.33. The molecule has 1 amide bonds. The molecule has 0 spiro atoms. The first-order valence-corrected chi connectivity index (χ1v) is 5.96. The molecule has 1 fully saturated rings. The number of carbonyl (C=O) groups is 1. The van der Waals surface area contributed by atoms with Gasteiger partial charge in [0.25, 0.3) is 0 Å². The maximum atomic E-state index is 11.3. The molecular formula is C12H18N2O3. The van der Waals surface area contributed by atoms with Gasteiger partial charge >= 0.3 is 0 Å². The van der Waals surface area contributed by atoms with Crippen molar-refractivity contribution in [3.63, 3.8) is 0 Å². The lowest BCUT2D eigenvalue weighted by molar-refractivity contribution is -0.121. The molecule has 1 saturated carbocycles. The van der Waals surface area contributed by atoms with Gasteiger partial charge in [-0.1, -0.05) is 0 Å². The molecule has 0 saturated heterocycles. The van der Waals surface area contributed by atoms with Crippen molar-refractivity contribution in [3.8, 4) is 0 Å². The standard InChI is InChI=1S/C12H18N2O3/c15-8-11-4-3-10(17-11)7-13-6-5-12(16)14-9-1-2-9/h3-4,9,13,15H,1-2,5-8H2,(H,14,16). The molecular weight excluding hydrogens is 220 g/mol. The molecule has 94 valence electrons. The Morgan fingerprint density at radius 3 is 2.82 bits per heavy atom. The minimum absolute atomic E-state index is 0.0796. The molecule has 3 N–H and O–H groups in total. The number of aliphatic hydroxyl groups is 1. The van der Waals surface area contributed by atoms with Crippen molar-refractivity contribution in [2.75, 3.05) is 6.54 Å². The van der Waals surface area contributed by atoms with Crippen LogP contribution in [0.5, 0.6) is 0 Å². The van der Waals surface area contributed by atoms with E-state index in [0.717, 1.165) is 18.6 Å². The largest absolute Gasteiger partial charge is 0.462 e. The molecule has 0 radical (unpaired) electrons. The lowest BCUT2D eigenvalue weighted by Gasteiger charge is -2.04. The van der Waals surface area contributed by atoms with E-state index in [1.165, 1.54) is 0 Å². The average molecular weight is 238 g/mol. The van der Waals surface area contributed by atoms with Crippen LogP contribution < -0.4 is 10.6 Å². The zero-order valence-corrected chi connectivity index (χ0v) is 9.74. The Bertz CT molecular complexity index is 372. The fourth-order valence-electron chi connectivity index (χ4n) is 1.54. The summed E-state index contributed by atoms with van der Waals surface area (Å²) in [5, 5.41) is 14.9. The second-order valence-electron chi connectivity index (χ2n) is 4.29. The maximum absolute atomic E-state index is 11.3. The zero-order chi connectivity index (χ0) is 12.1. The summed E-state index contributed by atoms with van der Waals surface area (Å²) in [6.07, 6.45) is 2.73. The number of nitrogens with one attached hydrogen (secondary N) is 2. The van der Waals surface area contributed by atoms with Gasteiger partial charge in [-0.15, -0.1) is 0 Å². The first-order chi connectivity index (χ1) is 8.28. The summed E-state index contributed by atoms with van der Waals surface area (Å²) in [6, 6.07) is 4.00. The van der Waals surface area contributed by atoms with E-state index < -0.39 is 0 Å². The predicted octanol–water partition coefficient (Wildman–Crippen LogP) is 0.530. The molecule has 0 unspecified atom stereocenters. The summed E-state index contributed by atoms with van der Waals surface area (Å²) in [6.45, 7) is 1.13. The molecule has 17 heavy (non-hydrogen) atoms. The fraction of sp³-hybridized carbons (Fsp3) is 0.583. The van der Waals surface area contributed by atoms with Gasteiger partial charge in [0.05, 0.1) is 6.54 Å². The second kappa shape index (κ2) is 5.84. The average Bonchev–Trinajstić information content (AvgIpc) is 3.01. The molecule has 1 aromatic rings. The monoisotopic (exact) mass is 238 g/mol. The Kier molecular flexibility index (Phi) is 4.17. The van der Waals surface area contributed by atoms with E-state index in [0.29, 0.717) is 31.3 Å². The fourth-order valence-corrected chi connectivity index (χ4v) is 1.54. The first-order valence-electron chi connectivity index (χ1n) is 5.96. The quantitative estimate of drug-likeness (QED) is 0.606. The normalized spacial score (nSPS) is 14.9. The van der Waals surface area contributed by atoms with E-state index in [9.17, 15) is 4.79 Å². The van der Waals surface area contributed by atoms with Crippen molar-refractivity contribution < 1.29 is 14.3 Å². The van der Waals surface area contributed by atoms with Crippen LogP contribution in [0.3, 0.4) is 0 Å². The summed E-state index contributed by atoms with van der Waals surface area (Å²) >= 11 is 0. The minimum Gasteiger partial charge on any atom is -0.462 e. The molecule has 5 heteroatoms. The molecule has 0 bridgehead atoms. The van der Waals surface area contributed by atoms with E-state index in [1.54, 1.807) is 6.07 Å². The van der Waals surface area contributed by atoms with Crippen molar-refractivity contribution in [2.24, 2.45) is 0 Å². The summed E-state index contributed by atoms with van der Waals surface area (Å²) in [4.78, 5) is 11.3. The van der Waals surface area contributed by atoms with Crippen molar-refractivity contribution in [3.05, 3.63) is 23.7 Å². The Balaban J connectivity index is 1.57. The molecule has 0 aliphatic heterocycles. The van der Waals surface area contributed by atoms with Gasteiger partial charge in [-0.05, 0) is 25.0 Å². The Labute approximate surface area is 100 Å². The lowest BCUT2D eigenvalue weighted by Crippen LogP contribution is -2.28. The van der Waals surface area contributed by atoms with Gasteiger partial charge in [-0.3, -0.25) is 4.79 Å². The van der Waals surface area contributed by atoms with Crippen LogP contribution in [0.4, 0.5) is 0 Å². The highest BCUT2D eigenvalue weighted by molar-refractivity contribution is 5.76. The highest BCUT2D eigenvalue weighted by Crippen LogP contribution is 2.18. The molecule has 0 atom stereocenters. The summed E-state index contributed by atoms with van der Waals surface area (Å²) in [5.41, 5.74) is 0. The van der Waals surface area contributed by atoms with E-state index in [-0.39, 0.29) is 12.5 Å². The highest BCUT2D eigenvalue weighted by Gasteiger charge is 2.22. The predicted molar refractivity (Wildman–Crippen MR) is 62.1 cm³/mol. The van der Waals surface area contributed by atoms with Gasteiger partial charge in [-0.25, -0.2) is 0 Å². The van der Waals surface area contributed by atoms with Crippen molar-refractivity contribution in [1.29, 1.82) is 0 Å². The van der Waals surface area contributed by atoms with Crippen LogP contribution in [0.25, 0.3) is 0 Å². The molecule has 2 rings (SSSR count). The van der Waals surface area contributed by atoms with Crippen LogP contribution >= 0.6 is 0 Å². The number of rotatable bonds is 7. The van der Waals surface area contributed by atoms with Crippen molar-refractivity contribution in [2.45, 2.75) is 38.5 Å². The van der Waals surface area contributed by atoms with Gasteiger partial charge in [0.2, 0.25) is 5.91 Å².